The van der Waals surface area contributed by atoms with E-state index in [0.29, 0.717) is 28.0 Å². The molecule has 3 rings (SSSR count). The lowest BCUT2D eigenvalue weighted by Gasteiger charge is -2.16. The van der Waals surface area contributed by atoms with Crippen molar-refractivity contribution in [3.8, 4) is 16.9 Å². The van der Waals surface area contributed by atoms with Crippen molar-refractivity contribution in [2.24, 2.45) is 5.73 Å². The fourth-order valence-corrected chi connectivity index (χ4v) is 4.94. The first-order valence-corrected chi connectivity index (χ1v) is 13.1. The van der Waals surface area contributed by atoms with E-state index in [0.717, 1.165) is 18.4 Å². The van der Waals surface area contributed by atoms with Gasteiger partial charge in [0.2, 0.25) is 5.91 Å². The first kappa shape index (κ1) is 26.8. The molecule has 0 spiro atoms. The summed E-state index contributed by atoms with van der Waals surface area (Å²) in [4.78, 5) is 24.3. The summed E-state index contributed by atoms with van der Waals surface area (Å²) in [5.74, 6) is -0.744. The van der Waals surface area contributed by atoms with E-state index in [2.05, 4.69) is 6.92 Å². The molecule has 0 aliphatic heterocycles. The molecule has 1 heterocycles. The van der Waals surface area contributed by atoms with Gasteiger partial charge in [-0.3, -0.25) is 4.79 Å². The summed E-state index contributed by atoms with van der Waals surface area (Å²) >= 11 is 6.63. The number of benzene rings is 2. The Hall–Kier alpha value is -2.79. The number of amides is 1. The van der Waals surface area contributed by atoms with Crippen molar-refractivity contribution in [3.05, 3.63) is 63.5 Å². The molecule has 0 saturated carbocycles. The third kappa shape index (κ3) is 7.60. The Labute approximate surface area is 212 Å². The summed E-state index contributed by atoms with van der Waals surface area (Å²) < 4.78 is 5.22. The molecule has 1 unspecified atom stereocenters. The molecule has 0 bridgehead atoms. The van der Waals surface area contributed by atoms with Crippen LogP contribution < -0.4 is 11.4 Å². The molecule has 2 aromatic carbocycles. The molecule has 0 aliphatic rings. The average Bonchev–Trinajstić information content (AvgIpc) is 2.81. The van der Waals surface area contributed by atoms with Crippen LogP contribution in [-0.2, 0) is 4.79 Å². The predicted octanol–water partition coefficient (Wildman–Crippen LogP) is 7.70. The zero-order valence-electron chi connectivity index (χ0n) is 20.5. The molecular weight excluding hydrogens is 462 g/mol. The van der Waals surface area contributed by atoms with Gasteiger partial charge in [0.25, 0.3) is 0 Å². The Kier molecular flexibility index (Phi) is 10.2. The molecule has 35 heavy (non-hydrogen) atoms. The van der Waals surface area contributed by atoms with Crippen molar-refractivity contribution in [2.75, 3.05) is 0 Å². The minimum atomic E-state index is -0.533. The van der Waals surface area contributed by atoms with Gasteiger partial charge in [0.15, 0.2) is 0 Å². The number of phenols is 1. The van der Waals surface area contributed by atoms with E-state index in [1.807, 2.05) is 12.1 Å². The Morgan fingerprint density at radius 3 is 2.20 bits per heavy atom. The van der Waals surface area contributed by atoms with E-state index in [1.165, 1.54) is 69.6 Å². The second-order valence-electron chi connectivity index (χ2n) is 9.32. The lowest BCUT2D eigenvalue weighted by atomic mass is 9.90. The molecule has 188 valence electrons. The van der Waals surface area contributed by atoms with Gasteiger partial charge in [0.1, 0.15) is 11.3 Å². The van der Waals surface area contributed by atoms with Gasteiger partial charge in [0, 0.05) is 33.7 Å². The van der Waals surface area contributed by atoms with E-state index in [4.69, 9.17) is 21.8 Å². The van der Waals surface area contributed by atoms with Crippen LogP contribution in [0.1, 0.15) is 89.0 Å². The highest BCUT2D eigenvalue weighted by Gasteiger charge is 2.20. The summed E-state index contributed by atoms with van der Waals surface area (Å²) in [6.45, 7) is 2.24. The van der Waals surface area contributed by atoms with E-state index in [9.17, 15) is 14.7 Å². The van der Waals surface area contributed by atoms with Crippen LogP contribution in [0.2, 0.25) is 5.02 Å². The maximum atomic E-state index is 12.2. The number of hydrogen-bond acceptors (Lipinski definition) is 4. The van der Waals surface area contributed by atoms with Crippen molar-refractivity contribution >= 4 is 28.5 Å². The Bertz CT molecular complexity index is 1190. The number of halogens is 1. The number of unbranched alkanes of at least 4 members (excludes halogenated alkanes) is 9. The number of carbonyl (C=O) groups is 1. The summed E-state index contributed by atoms with van der Waals surface area (Å²) in [7, 11) is 0. The SMILES string of the molecule is CCCCCCCCCCCCC(C(N)=O)c1ccc(-c2cc(=O)oc3cc(O)ccc23)c(Cl)c1. The Morgan fingerprint density at radius 2 is 1.57 bits per heavy atom. The Balaban J connectivity index is 1.64. The van der Waals surface area contributed by atoms with E-state index in [-0.39, 0.29) is 17.2 Å². The van der Waals surface area contributed by atoms with Crippen LogP contribution in [0.15, 0.2) is 51.7 Å². The second-order valence-corrected chi connectivity index (χ2v) is 9.73. The van der Waals surface area contributed by atoms with Crippen LogP contribution in [0.5, 0.6) is 5.75 Å². The van der Waals surface area contributed by atoms with Gasteiger partial charge in [-0.05, 0) is 30.2 Å². The van der Waals surface area contributed by atoms with Gasteiger partial charge in [-0.25, -0.2) is 4.79 Å². The normalized spacial score (nSPS) is 12.2. The molecule has 3 aromatic rings. The molecule has 3 N–H and O–H groups in total. The van der Waals surface area contributed by atoms with E-state index >= 15 is 0 Å². The Morgan fingerprint density at radius 1 is 0.914 bits per heavy atom. The van der Waals surface area contributed by atoms with Gasteiger partial charge < -0.3 is 15.3 Å². The number of hydrogen-bond donors (Lipinski definition) is 2. The minimum absolute atomic E-state index is 0.00974. The number of phenolic OH excluding ortho intramolecular Hbond substituents is 1. The fourth-order valence-electron chi connectivity index (χ4n) is 4.65. The molecule has 5 nitrogen and oxygen atoms in total. The smallest absolute Gasteiger partial charge is 0.336 e. The largest absolute Gasteiger partial charge is 0.508 e. The lowest BCUT2D eigenvalue weighted by molar-refractivity contribution is -0.119. The van der Waals surface area contributed by atoms with E-state index < -0.39 is 11.5 Å². The molecule has 1 atom stereocenters. The zero-order valence-corrected chi connectivity index (χ0v) is 21.3. The lowest BCUT2D eigenvalue weighted by Crippen LogP contribution is -2.21. The first-order valence-electron chi connectivity index (χ1n) is 12.8. The van der Waals surface area contributed by atoms with E-state index in [1.54, 1.807) is 12.1 Å². The predicted molar refractivity (Wildman–Crippen MR) is 143 cm³/mol. The molecule has 0 radical (unpaired) electrons. The number of aromatic hydroxyl groups is 1. The molecular formula is C29H36ClNO4. The van der Waals surface area contributed by atoms with Crippen LogP contribution >= 0.6 is 11.6 Å². The van der Waals surface area contributed by atoms with Gasteiger partial charge >= 0.3 is 5.63 Å². The van der Waals surface area contributed by atoms with Crippen molar-refractivity contribution in [2.45, 2.75) is 83.5 Å². The number of fused-ring (bicyclic) bond motifs is 1. The van der Waals surface area contributed by atoms with Crippen LogP contribution in [-0.4, -0.2) is 11.0 Å². The topological polar surface area (TPSA) is 93.5 Å². The molecule has 6 heteroatoms. The van der Waals surface area contributed by atoms with Gasteiger partial charge in [-0.2, -0.15) is 0 Å². The van der Waals surface area contributed by atoms with Crippen molar-refractivity contribution in [1.29, 1.82) is 0 Å². The van der Waals surface area contributed by atoms with Crippen LogP contribution in [0.25, 0.3) is 22.1 Å². The standard InChI is InChI=1S/C29H36ClNO4/c1-2-3-4-5-6-7-8-9-10-11-12-22(29(31)34)20-13-15-23(26(30)17-20)25-19-28(33)35-27-18-21(32)14-16-24(25)27/h13-19,22,32H,2-12H2,1H3,(H2,31,34). The van der Waals surface area contributed by atoms with Crippen molar-refractivity contribution in [1.82, 2.24) is 0 Å². The second kappa shape index (κ2) is 13.3. The minimum Gasteiger partial charge on any atom is -0.508 e. The van der Waals surface area contributed by atoms with Gasteiger partial charge in [-0.15, -0.1) is 0 Å². The highest BCUT2D eigenvalue weighted by atomic mass is 35.5. The summed E-state index contributed by atoms with van der Waals surface area (Å²) in [6.07, 6.45) is 13.0. The summed E-state index contributed by atoms with van der Waals surface area (Å²) in [5, 5.41) is 10.8. The molecule has 0 fully saturated rings. The molecule has 0 aliphatic carbocycles. The number of nitrogens with two attached hydrogens (primary N) is 1. The first-order chi connectivity index (χ1) is 16.9. The van der Waals surface area contributed by atoms with Gasteiger partial charge in [0.05, 0.1) is 5.92 Å². The quantitative estimate of drug-likeness (QED) is 0.176. The highest BCUT2D eigenvalue weighted by Crippen LogP contribution is 2.36. The third-order valence-corrected chi connectivity index (χ3v) is 6.92. The van der Waals surface area contributed by atoms with Crippen LogP contribution in [0.3, 0.4) is 0 Å². The van der Waals surface area contributed by atoms with Crippen LogP contribution in [0, 0.1) is 0 Å². The van der Waals surface area contributed by atoms with Crippen molar-refractivity contribution < 1.29 is 14.3 Å². The number of carbonyl (C=O) groups excluding carboxylic acids is 1. The molecule has 1 amide bonds. The average molecular weight is 498 g/mol. The maximum Gasteiger partial charge on any atom is 0.336 e. The van der Waals surface area contributed by atoms with Crippen LogP contribution in [0.4, 0.5) is 0 Å². The summed E-state index contributed by atoms with van der Waals surface area (Å²) in [5.41, 5.74) is 7.53. The monoisotopic (exact) mass is 497 g/mol. The zero-order chi connectivity index (χ0) is 25.2. The summed E-state index contributed by atoms with van der Waals surface area (Å²) in [6, 6.07) is 11.4. The maximum absolute atomic E-state index is 12.2. The molecule has 1 aromatic heterocycles. The van der Waals surface area contributed by atoms with Crippen molar-refractivity contribution in [3.63, 3.8) is 0 Å². The van der Waals surface area contributed by atoms with Gasteiger partial charge in [-0.1, -0.05) is 94.9 Å². The fraction of sp³-hybridized carbons (Fsp3) is 0.448. The number of primary amides is 1. The highest BCUT2D eigenvalue weighted by molar-refractivity contribution is 6.33. The number of rotatable bonds is 14. The third-order valence-electron chi connectivity index (χ3n) is 6.60. The molecule has 0 saturated heterocycles.